The van der Waals surface area contributed by atoms with Crippen molar-refractivity contribution in [2.24, 2.45) is 17.6 Å². The Bertz CT molecular complexity index is 1950. The van der Waals surface area contributed by atoms with E-state index in [1.54, 1.807) is 45.2 Å². The number of aromatic nitrogens is 4. The van der Waals surface area contributed by atoms with E-state index in [1.807, 2.05) is 49.5 Å². The van der Waals surface area contributed by atoms with E-state index in [-0.39, 0.29) is 29.6 Å². The van der Waals surface area contributed by atoms with Crippen molar-refractivity contribution < 1.29 is 37.0 Å². The Morgan fingerprint density at radius 2 is 1.67 bits per heavy atom. The lowest BCUT2D eigenvalue weighted by Crippen LogP contribution is -2.52. The number of alkyl carbamates (subject to hydrolysis) is 1. The molecule has 1 fully saturated rings. The molecule has 0 radical (unpaired) electrons. The molecule has 2 aromatic carbocycles. The van der Waals surface area contributed by atoms with Crippen molar-refractivity contribution in [3.8, 4) is 28.4 Å². The van der Waals surface area contributed by atoms with Gasteiger partial charge in [0.1, 0.15) is 11.6 Å². The molecule has 0 saturated heterocycles. The predicted octanol–water partition coefficient (Wildman–Crippen LogP) is 6.64. The highest BCUT2D eigenvalue weighted by molar-refractivity contribution is 6.01. The van der Waals surface area contributed by atoms with Gasteiger partial charge in [-0.25, -0.2) is 14.8 Å². The van der Waals surface area contributed by atoms with Gasteiger partial charge in [-0.1, -0.05) is 24.3 Å². The smallest absolute Gasteiger partial charge is 0.451 e. The van der Waals surface area contributed by atoms with Crippen LogP contribution in [-0.2, 0) is 26.9 Å². The molecule has 5 rings (SSSR count). The maximum Gasteiger partial charge on any atom is 0.451 e. The number of H-pyrrole nitrogens is 1. The fourth-order valence-corrected chi connectivity index (χ4v) is 6.72. The maximum atomic E-state index is 14.5. The van der Waals surface area contributed by atoms with Gasteiger partial charge in [-0.05, 0) is 114 Å². The number of amides is 3. The minimum Gasteiger partial charge on any atom is -0.478 e. The molecule has 0 spiro atoms. The molecular weight excluding hydrogens is 741 g/mol. The topological polar surface area (TPSA) is 169 Å². The number of hydrogen-bond donors (Lipinski definition) is 3. The van der Waals surface area contributed by atoms with Crippen molar-refractivity contribution in [2.75, 3.05) is 38.7 Å². The molecule has 0 aliphatic heterocycles. The average Bonchev–Trinajstić information content (AvgIpc) is 3.67. The second kappa shape index (κ2) is 18.6. The Hall–Kier alpha value is -5.51. The van der Waals surface area contributed by atoms with Gasteiger partial charge in [0.15, 0.2) is 5.82 Å². The monoisotopic (exact) mass is 792 g/mol. The number of halogens is 3. The summed E-state index contributed by atoms with van der Waals surface area (Å²) in [5.41, 5.74) is 8.48. The summed E-state index contributed by atoms with van der Waals surface area (Å²) in [5.74, 6) is -2.25. The Labute approximate surface area is 330 Å². The van der Waals surface area contributed by atoms with Crippen LogP contribution in [0, 0.1) is 11.8 Å². The van der Waals surface area contributed by atoms with Crippen molar-refractivity contribution in [1.29, 1.82) is 0 Å². The highest BCUT2D eigenvalue weighted by Crippen LogP contribution is 2.34. The van der Waals surface area contributed by atoms with E-state index in [0.29, 0.717) is 50.4 Å². The van der Waals surface area contributed by atoms with E-state index in [2.05, 4.69) is 25.3 Å². The first-order valence-electron chi connectivity index (χ1n) is 19.0. The molecule has 0 bridgehead atoms. The van der Waals surface area contributed by atoms with Gasteiger partial charge in [0.25, 0.3) is 0 Å². The van der Waals surface area contributed by atoms with Crippen molar-refractivity contribution in [1.82, 2.24) is 30.4 Å². The second-order valence-electron chi connectivity index (χ2n) is 15.6. The fourth-order valence-electron chi connectivity index (χ4n) is 6.72. The molecule has 13 nitrogen and oxygen atoms in total. The minimum atomic E-state index is -4.70. The molecule has 4 aromatic rings. The van der Waals surface area contributed by atoms with Gasteiger partial charge in [0, 0.05) is 54.5 Å². The SMILES string of the molecule is CN(C)CCCOc1ccc(-c2cccc(C[C@@H](C(N)=O)N(C(=O)C3CCC(CNC(=O)OC(C)(C)C)CC3)c3ccc(-c4n[nH]c(C(F)(F)F)n4)cc3)c2)cn1. The van der Waals surface area contributed by atoms with Gasteiger partial charge >= 0.3 is 12.3 Å². The van der Waals surface area contributed by atoms with Crippen LogP contribution in [-0.4, -0.2) is 88.4 Å². The van der Waals surface area contributed by atoms with E-state index >= 15 is 0 Å². The third kappa shape index (κ3) is 12.2. The van der Waals surface area contributed by atoms with Crippen LogP contribution in [0.25, 0.3) is 22.5 Å². The zero-order chi connectivity index (χ0) is 41.3. The Morgan fingerprint density at radius 3 is 2.26 bits per heavy atom. The van der Waals surface area contributed by atoms with E-state index < -0.39 is 41.6 Å². The van der Waals surface area contributed by atoms with E-state index in [1.165, 1.54) is 17.0 Å². The lowest BCUT2D eigenvalue weighted by Gasteiger charge is -2.36. The van der Waals surface area contributed by atoms with Gasteiger partial charge in [0.2, 0.25) is 23.5 Å². The van der Waals surface area contributed by atoms with Gasteiger partial charge < -0.3 is 25.4 Å². The third-order valence-electron chi connectivity index (χ3n) is 9.59. The van der Waals surface area contributed by atoms with Crippen LogP contribution in [0.5, 0.6) is 5.88 Å². The van der Waals surface area contributed by atoms with Gasteiger partial charge in [-0.3, -0.25) is 19.6 Å². The Kier molecular flexibility index (Phi) is 13.9. The number of primary amides is 1. The number of benzene rings is 2. The molecule has 0 unspecified atom stereocenters. The van der Waals surface area contributed by atoms with Crippen LogP contribution < -0.4 is 20.7 Å². The predicted molar refractivity (Wildman–Crippen MR) is 209 cm³/mol. The summed E-state index contributed by atoms with van der Waals surface area (Å²) < 4.78 is 50.8. The highest BCUT2D eigenvalue weighted by Gasteiger charge is 2.37. The Morgan fingerprint density at radius 1 is 0.965 bits per heavy atom. The van der Waals surface area contributed by atoms with Crippen LogP contribution in [0.1, 0.15) is 64.3 Å². The standard InChI is InChI=1S/C41H51F3N8O5/c1-40(2,3)57-39(55)47-24-26-10-12-29(13-11-26)37(54)52(32-17-14-28(15-18-32)36-48-38(50-49-36)41(42,43)44)33(35(45)53)23-27-8-6-9-30(22-27)31-16-19-34(46-25-31)56-21-7-20-51(4)5/h6,8-9,14-19,22,25-26,29,33H,7,10-13,20-21,23-24H2,1-5H3,(H2,45,53)(H,47,55)(H,48,49,50)/t26?,29?,33-/m0/s1. The average molecular weight is 793 g/mol. The van der Waals surface area contributed by atoms with Crippen molar-refractivity contribution >= 4 is 23.6 Å². The number of nitrogens with zero attached hydrogens (tertiary/aromatic N) is 5. The van der Waals surface area contributed by atoms with E-state index in [0.717, 1.165) is 29.7 Å². The third-order valence-corrected chi connectivity index (χ3v) is 9.59. The Balaban J connectivity index is 1.36. The first-order chi connectivity index (χ1) is 27.0. The number of rotatable bonds is 15. The molecule has 4 N–H and O–H groups in total. The molecule has 57 heavy (non-hydrogen) atoms. The van der Waals surface area contributed by atoms with Crippen molar-refractivity contribution in [3.05, 3.63) is 78.2 Å². The molecule has 3 amide bonds. The fraction of sp³-hybridized carbons (Fsp3) is 0.463. The number of aromatic amines is 1. The summed E-state index contributed by atoms with van der Waals surface area (Å²) in [6.07, 6.45) is -0.213. The number of ether oxygens (including phenoxy) is 2. The number of pyridine rings is 1. The van der Waals surface area contributed by atoms with Gasteiger partial charge in [0.05, 0.1) is 6.61 Å². The van der Waals surface area contributed by atoms with Crippen LogP contribution in [0.3, 0.4) is 0 Å². The summed E-state index contributed by atoms with van der Waals surface area (Å²) in [4.78, 5) is 51.6. The van der Waals surface area contributed by atoms with E-state index in [9.17, 15) is 27.6 Å². The van der Waals surface area contributed by atoms with Gasteiger partial charge in [-0.2, -0.15) is 18.3 Å². The van der Waals surface area contributed by atoms with Crippen LogP contribution in [0.2, 0.25) is 0 Å². The first-order valence-corrected chi connectivity index (χ1v) is 19.0. The first kappa shape index (κ1) is 42.6. The summed E-state index contributed by atoms with van der Waals surface area (Å²) in [7, 11) is 4.01. The molecule has 1 aliphatic rings. The zero-order valence-electron chi connectivity index (χ0n) is 32.9. The number of carbonyl (C=O) groups is 3. The van der Waals surface area contributed by atoms with Gasteiger partial charge in [-0.15, -0.1) is 0 Å². The summed E-state index contributed by atoms with van der Waals surface area (Å²) in [5, 5.41) is 8.44. The number of hydrogen-bond acceptors (Lipinski definition) is 9. The zero-order valence-corrected chi connectivity index (χ0v) is 32.9. The molecule has 1 aliphatic carbocycles. The highest BCUT2D eigenvalue weighted by atomic mass is 19.4. The largest absolute Gasteiger partial charge is 0.478 e. The van der Waals surface area contributed by atoms with Crippen LogP contribution in [0.15, 0.2) is 66.9 Å². The quantitative estimate of drug-likeness (QED) is 0.112. The lowest BCUT2D eigenvalue weighted by molar-refractivity contribution is -0.144. The van der Waals surface area contributed by atoms with E-state index in [4.69, 9.17) is 15.2 Å². The molecule has 1 saturated carbocycles. The number of anilines is 1. The number of nitrogens with two attached hydrogens (primary N) is 1. The molecule has 306 valence electrons. The number of alkyl halides is 3. The minimum absolute atomic E-state index is 0.0855. The molecular formula is C41H51F3N8O5. The normalized spacial score (nSPS) is 16.5. The van der Waals surface area contributed by atoms with Crippen molar-refractivity contribution in [3.63, 3.8) is 0 Å². The molecule has 1 atom stereocenters. The molecule has 2 heterocycles. The summed E-state index contributed by atoms with van der Waals surface area (Å²) in [6.45, 7) is 7.21. The lowest BCUT2D eigenvalue weighted by atomic mass is 9.81. The maximum absolute atomic E-state index is 14.5. The van der Waals surface area contributed by atoms with Crippen LogP contribution >= 0.6 is 0 Å². The van der Waals surface area contributed by atoms with Crippen molar-refractivity contribution in [2.45, 2.75) is 77.1 Å². The number of carbonyl (C=O) groups excluding carboxylic acids is 3. The summed E-state index contributed by atoms with van der Waals surface area (Å²) >= 11 is 0. The van der Waals surface area contributed by atoms with Crippen LogP contribution in [0.4, 0.5) is 23.7 Å². The number of nitrogens with one attached hydrogen (secondary N) is 2. The second-order valence-corrected chi connectivity index (χ2v) is 15.6. The molecule has 16 heteroatoms. The molecule has 2 aromatic heterocycles. The summed E-state index contributed by atoms with van der Waals surface area (Å²) in [6, 6.07) is 16.2.